The third-order valence-corrected chi connectivity index (χ3v) is 14.8. The zero-order chi connectivity index (χ0) is 17.6. The van der Waals surface area contributed by atoms with Crippen LogP contribution in [0, 0.1) is 0 Å². The van der Waals surface area contributed by atoms with Gasteiger partial charge in [-0.1, -0.05) is 30.3 Å². The summed E-state index contributed by atoms with van der Waals surface area (Å²) >= 11 is 0. The molecule has 24 heavy (non-hydrogen) atoms. The number of hydrogen-bond donors (Lipinski definition) is 0. The first-order valence-electron chi connectivity index (χ1n) is 8.81. The van der Waals surface area contributed by atoms with E-state index in [0.717, 1.165) is 6.67 Å². The first-order chi connectivity index (χ1) is 11.2. The summed E-state index contributed by atoms with van der Waals surface area (Å²) in [6.45, 7) is 16.3. The molecule has 0 saturated carbocycles. The van der Waals surface area contributed by atoms with Crippen LogP contribution < -0.4 is 3.81 Å². The van der Waals surface area contributed by atoms with Gasteiger partial charge in [-0.3, -0.25) is 0 Å². The summed E-state index contributed by atoms with van der Waals surface area (Å²) in [5.41, 5.74) is 4.23. The van der Waals surface area contributed by atoms with Gasteiger partial charge in [-0.15, -0.1) is 0 Å². The van der Waals surface area contributed by atoms with E-state index in [9.17, 15) is 0 Å². The minimum Gasteiger partial charge on any atom is -0.355 e. The highest BCUT2D eigenvalue weighted by molar-refractivity contribution is 6.95. The summed E-state index contributed by atoms with van der Waals surface area (Å²) in [7, 11) is -3.06. The Morgan fingerprint density at radius 1 is 0.750 bits per heavy atom. The second kappa shape index (κ2) is 5.79. The van der Waals surface area contributed by atoms with Crippen LogP contribution in [0.15, 0.2) is 54.6 Å². The third-order valence-electron chi connectivity index (χ3n) is 5.39. The highest BCUT2D eigenvalue weighted by atomic mass is 28.4. The molecule has 0 aromatic heterocycles. The Morgan fingerprint density at radius 3 is 1.88 bits per heavy atom. The fourth-order valence-corrected chi connectivity index (χ4v) is 15.4. The molecule has 0 spiro atoms. The average Bonchev–Trinajstić information content (AvgIpc) is 2.52. The van der Waals surface area contributed by atoms with Gasteiger partial charge in [0.15, 0.2) is 6.21 Å². The van der Waals surface area contributed by atoms with E-state index in [0.29, 0.717) is 0 Å². The number of para-hydroxylation sites is 2. The number of fused-ring (bicyclic) bond motifs is 1. The molecule has 0 radical (unpaired) electrons. The van der Waals surface area contributed by atoms with Crippen molar-refractivity contribution in [2.45, 2.75) is 39.3 Å². The largest absolute Gasteiger partial charge is 0.355 e. The van der Waals surface area contributed by atoms with Crippen LogP contribution >= 0.6 is 0 Å². The molecule has 0 atom stereocenters. The van der Waals surface area contributed by atoms with Gasteiger partial charge in [0, 0.05) is 12.1 Å². The molecular weight excluding hydrogens is 324 g/mol. The molecule has 4 heteroatoms. The fraction of sp³-hybridized carbons (Fsp3) is 0.350. The zero-order valence-corrected chi connectivity index (χ0v) is 17.9. The molecule has 126 valence electrons. The molecule has 0 fully saturated rings. The molecule has 1 aliphatic heterocycles. The van der Waals surface area contributed by atoms with E-state index in [-0.39, 0.29) is 0 Å². The molecule has 0 unspecified atom stereocenters. The van der Waals surface area contributed by atoms with E-state index in [1.165, 1.54) is 15.1 Å². The maximum absolute atomic E-state index is 2.54. The molecule has 0 saturated heterocycles. The van der Waals surface area contributed by atoms with Crippen molar-refractivity contribution >= 4 is 34.1 Å². The van der Waals surface area contributed by atoms with Gasteiger partial charge in [-0.25, -0.2) is 0 Å². The first kappa shape index (κ1) is 17.3. The Morgan fingerprint density at radius 2 is 1.29 bits per heavy atom. The van der Waals surface area contributed by atoms with Crippen LogP contribution in [0.3, 0.4) is 0 Å². The predicted octanol–water partition coefficient (Wildman–Crippen LogP) is 5.40. The summed E-state index contributed by atoms with van der Waals surface area (Å²) in [6.07, 6.45) is 2.35. The Balaban J connectivity index is 2.30. The summed E-state index contributed by atoms with van der Waals surface area (Å²) < 4.78 is 3.68. The van der Waals surface area contributed by atoms with E-state index in [1.807, 2.05) is 0 Å². The van der Waals surface area contributed by atoms with Crippen molar-refractivity contribution in [2.75, 3.05) is 6.67 Å². The Hall–Kier alpha value is -1.50. The van der Waals surface area contributed by atoms with Gasteiger partial charge in [-0.2, -0.15) is 4.58 Å². The molecule has 0 bridgehead atoms. The van der Waals surface area contributed by atoms with Gasteiger partial charge in [0.2, 0.25) is 12.4 Å². The minimum atomic E-state index is -1.53. The number of quaternary nitrogens is 1. The van der Waals surface area contributed by atoms with Crippen molar-refractivity contribution in [3.05, 3.63) is 60.2 Å². The van der Waals surface area contributed by atoms with Gasteiger partial charge in [0.25, 0.3) is 16.5 Å². The molecular formula is C20H30N2Si2+2. The van der Waals surface area contributed by atoms with E-state index in [4.69, 9.17) is 0 Å². The summed E-state index contributed by atoms with van der Waals surface area (Å²) in [5, 5.41) is 0. The summed E-state index contributed by atoms with van der Waals surface area (Å²) in [6, 6.07) is 19.9. The van der Waals surface area contributed by atoms with Crippen LogP contribution in [-0.4, -0.2) is 33.9 Å². The minimum absolute atomic E-state index is 1.06. The van der Waals surface area contributed by atoms with E-state index < -0.39 is 16.5 Å². The molecule has 2 aromatic rings. The highest BCUT2D eigenvalue weighted by Crippen LogP contribution is 2.42. The molecule has 1 heterocycles. The number of rotatable bonds is 3. The number of hydrogen-bond acceptors (Lipinski definition) is 0. The number of benzene rings is 2. The van der Waals surface area contributed by atoms with Gasteiger partial charge in [0.05, 0.1) is 5.56 Å². The number of nitrogens with zero attached hydrogens (tertiary/aromatic N) is 2. The van der Waals surface area contributed by atoms with Crippen molar-refractivity contribution in [3.8, 4) is 0 Å². The monoisotopic (exact) mass is 354 g/mol. The van der Waals surface area contributed by atoms with Crippen LogP contribution in [0.5, 0.6) is 0 Å². The van der Waals surface area contributed by atoms with Crippen molar-refractivity contribution in [1.29, 1.82) is 0 Å². The highest BCUT2D eigenvalue weighted by Gasteiger charge is 2.58. The normalized spacial score (nSPS) is 17.2. The molecule has 1 aliphatic rings. The smallest absolute Gasteiger partial charge is 0.269 e. The maximum Gasteiger partial charge on any atom is 0.269 e. The lowest BCUT2D eigenvalue weighted by atomic mass is 10.1. The van der Waals surface area contributed by atoms with Gasteiger partial charge >= 0.3 is 0 Å². The van der Waals surface area contributed by atoms with Crippen LogP contribution in [0.4, 0.5) is 11.4 Å². The predicted molar refractivity (Wildman–Crippen MR) is 111 cm³/mol. The van der Waals surface area contributed by atoms with Crippen molar-refractivity contribution < 1.29 is 4.58 Å². The van der Waals surface area contributed by atoms with Crippen LogP contribution in [-0.2, 0) is 0 Å². The summed E-state index contributed by atoms with van der Waals surface area (Å²) in [5.74, 6) is 0. The SMILES string of the molecule is C[Si](C)(C)[N+]1([Si](C)(C)C)C[N+](c2ccccc2)=Cc2ccccc21. The van der Waals surface area contributed by atoms with E-state index in [1.54, 1.807) is 5.69 Å². The molecule has 2 nitrogen and oxygen atoms in total. The van der Waals surface area contributed by atoms with E-state index >= 15 is 0 Å². The second-order valence-electron chi connectivity index (χ2n) is 8.79. The molecule has 2 aromatic carbocycles. The van der Waals surface area contributed by atoms with Crippen molar-refractivity contribution in [2.24, 2.45) is 0 Å². The first-order valence-corrected chi connectivity index (χ1v) is 15.7. The Kier molecular flexibility index (Phi) is 4.18. The van der Waals surface area contributed by atoms with Crippen molar-refractivity contribution in [1.82, 2.24) is 3.81 Å². The lowest BCUT2D eigenvalue weighted by Gasteiger charge is -2.55. The van der Waals surface area contributed by atoms with Gasteiger partial charge in [0.1, 0.15) is 5.69 Å². The quantitative estimate of drug-likeness (QED) is 0.513. The molecule has 0 amide bonds. The lowest BCUT2D eigenvalue weighted by molar-refractivity contribution is -0.450. The molecule has 0 N–H and O–H groups in total. The third kappa shape index (κ3) is 2.63. The van der Waals surface area contributed by atoms with Gasteiger partial charge < -0.3 is 3.81 Å². The van der Waals surface area contributed by atoms with Gasteiger partial charge in [-0.05, 0) is 51.4 Å². The zero-order valence-electron chi connectivity index (χ0n) is 15.9. The topological polar surface area (TPSA) is 3.01 Å². The lowest BCUT2D eigenvalue weighted by Crippen LogP contribution is -2.78. The van der Waals surface area contributed by atoms with E-state index in [2.05, 4.69) is 105 Å². The maximum atomic E-state index is 2.54. The van der Waals surface area contributed by atoms with Crippen LogP contribution in [0.2, 0.25) is 39.3 Å². The average molecular weight is 355 g/mol. The molecule has 0 aliphatic carbocycles. The fourth-order valence-electron chi connectivity index (χ4n) is 4.39. The van der Waals surface area contributed by atoms with Crippen molar-refractivity contribution in [3.63, 3.8) is 0 Å². The van der Waals surface area contributed by atoms with Crippen LogP contribution in [0.1, 0.15) is 5.56 Å². The Labute approximate surface area is 148 Å². The standard InChI is InChI=1S/C20H30N2Si2/c1-23(2,3)22(24(4,5)6)17-21(19-13-8-7-9-14-19)16-18-12-10-11-15-20(18)22/h7-16H,17H2,1-6H3/q+2. The van der Waals surface area contributed by atoms with Crippen LogP contribution in [0.25, 0.3) is 0 Å². The Bertz CT molecular complexity index is 754. The summed E-state index contributed by atoms with van der Waals surface area (Å²) in [4.78, 5) is 0. The second-order valence-corrected chi connectivity index (χ2v) is 19.4. The molecule has 3 rings (SSSR count).